The maximum absolute atomic E-state index is 15.3. The molecule has 0 spiro atoms. The number of aryl methyl sites for hydroxylation is 1. The third-order valence-corrected chi connectivity index (χ3v) is 17.2. The van der Waals surface area contributed by atoms with E-state index in [1.807, 2.05) is 53.6 Å². The van der Waals surface area contributed by atoms with E-state index < -0.39 is 5.82 Å². The Morgan fingerprint density at radius 1 is 0.896 bits per heavy atom. The molecule has 5 aromatic rings. The van der Waals surface area contributed by atoms with Gasteiger partial charge in [-0.05, 0) is 112 Å². The molecule has 8 heterocycles. The van der Waals surface area contributed by atoms with Crippen molar-refractivity contribution in [1.82, 2.24) is 30.1 Å². The summed E-state index contributed by atoms with van der Waals surface area (Å²) in [6, 6.07) is 17.0. The number of likely N-dealkylation sites (tertiary alicyclic amines) is 1. The van der Waals surface area contributed by atoms with Crippen molar-refractivity contribution >= 4 is 56.9 Å². The minimum Gasteiger partial charge on any atom is -0.461 e. The van der Waals surface area contributed by atoms with Crippen LogP contribution in [0.5, 0.6) is 6.01 Å². The van der Waals surface area contributed by atoms with Crippen molar-refractivity contribution in [3.8, 4) is 29.6 Å². The molecule has 6 saturated heterocycles. The summed E-state index contributed by atoms with van der Waals surface area (Å²) in [5.41, 5.74) is 6.11. The van der Waals surface area contributed by atoms with E-state index in [0.29, 0.717) is 68.9 Å². The first-order chi connectivity index (χ1) is 37.4. The average Bonchev–Trinajstić information content (AvgIpc) is 4.00. The van der Waals surface area contributed by atoms with Gasteiger partial charge in [-0.2, -0.15) is 9.97 Å². The number of nitrogens with zero attached hydrogens (tertiary/aromatic N) is 8. The Hall–Kier alpha value is -6.83. The van der Waals surface area contributed by atoms with E-state index in [1.165, 1.54) is 6.07 Å². The summed E-state index contributed by atoms with van der Waals surface area (Å²) >= 11 is 0. The SMILES string of the molecule is C#Cc1c(F)ccc2cccc(-c3ncc4c(N5CC(C)CCC(C)C5)nc(OCC56CCC(COC(=O)N7CCC(OC8CCN(c9ccc(N%10CCC(=O)NC%10=O)cc9)CC8)CC7)N5CC(=C)C6)nc4c3CCC)c12. The molecule has 11 rings (SSSR count). The van der Waals surface area contributed by atoms with E-state index in [9.17, 15) is 14.4 Å². The average molecular weight is 1050 g/mol. The number of carbonyl (C=O) groups is 3. The molecule has 4 amide bonds. The van der Waals surface area contributed by atoms with Gasteiger partial charge in [-0.1, -0.05) is 69.5 Å². The second-order valence-electron chi connectivity index (χ2n) is 22.7. The van der Waals surface area contributed by atoms with Crippen LogP contribution in [0.15, 0.2) is 72.9 Å². The number of aromatic nitrogens is 3. The fourth-order valence-electron chi connectivity index (χ4n) is 13.1. The van der Waals surface area contributed by atoms with Crippen LogP contribution in [-0.4, -0.2) is 132 Å². The van der Waals surface area contributed by atoms with Gasteiger partial charge in [0.25, 0.3) is 0 Å². The van der Waals surface area contributed by atoms with Crippen LogP contribution < -0.4 is 24.8 Å². The Labute approximate surface area is 451 Å². The highest BCUT2D eigenvalue weighted by Crippen LogP contribution is 2.45. The first kappa shape index (κ1) is 52.2. The molecule has 404 valence electrons. The zero-order valence-corrected chi connectivity index (χ0v) is 44.9. The Bertz CT molecular complexity index is 3080. The minimum absolute atomic E-state index is 0.0194. The molecule has 0 saturated carbocycles. The molecule has 15 nitrogen and oxygen atoms in total. The lowest BCUT2D eigenvalue weighted by Crippen LogP contribution is -2.49. The van der Waals surface area contributed by atoms with Gasteiger partial charge in [0.15, 0.2) is 0 Å². The number of terminal acetylenes is 1. The van der Waals surface area contributed by atoms with Crippen molar-refractivity contribution < 1.29 is 33.0 Å². The molecule has 16 heteroatoms. The Balaban J connectivity index is 0.734. The largest absolute Gasteiger partial charge is 0.461 e. The molecule has 4 atom stereocenters. The van der Waals surface area contributed by atoms with Gasteiger partial charge in [0.05, 0.1) is 39.9 Å². The van der Waals surface area contributed by atoms with E-state index in [0.717, 1.165) is 146 Å². The van der Waals surface area contributed by atoms with Crippen LogP contribution in [0.25, 0.3) is 32.9 Å². The van der Waals surface area contributed by atoms with E-state index >= 15 is 4.39 Å². The number of rotatable bonds is 13. The van der Waals surface area contributed by atoms with Crippen molar-refractivity contribution in [2.75, 3.05) is 80.3 Å². The van der Waals surface area contributed by atoms with Gasteiger partial charge < -0.3 is 28.9 Å². The van der Waals surface area contributed by atoms with Gasteiger partial charge in [-0.3, -0.25) is 24.9 Å². The summed E-state index contributed by atoms with van der Waals surface area (Å²) < 4.78 is 35.0. The standard InChI is InChI=1S/C61H72FN9O6/c1-6-9-50-55(49-11-8-10-42-14-19-52(62)48(7-2)54(42)49)63-33-51-56(50)65-58(66-57(51)69-34-39(3)12-13-40(4)35-69)76-38-61-26-20-45(71(61)36-41(5)32-61)37-75-60(74)68-29-23-47(24-30-68)77-46-21-27-67(28-22-46)43-15-17-44(18-16-43)70-31-25-53(72)64-59(70)73/h2,8,10-11,14-19,33,39-40,45-47H,5-6,9,12-13,20-32,34-38H2,1,3-4H3,(H,64,72,73). The lowest BCUT2D eigenvalue weighted by Gasteiger charge is -2.38. The molecular formula is C61H72FN9O6. The van der Waals surface area contributed by atoms with Crippen LogP contribution in [0.3, 0.4) is 0 Å². The highest BCUT2D eigenvalue weighted by atomic mass is 19.1. The maximum atomic E-state index is 15.3. The van der Waals surface area contributed by atoms with Crippen LogP contribution in [0, 0.1) is 30.0 Å². The highest BCUT2D eigenvalue weighted by Gasteiger charge is 2.52. The van der Waals surface area contributed by atoms with Crippen molar-refractivity contribution in [2.45, 2.75) is 122 Å². The Morgan fingerprint density at radius 3 is 2.34 bits per heavy atom. The van der Waals surface area contributed by atoms with Gasteiger partial charge in [0, 0.05) is 98.9 Å². The monoisotopic (exact) mass is 1050 g/mol. The van der Waals surface area contributed by atoms with Gasteiger partial charge in [-0.15, -0.1) is 6.42 Å². The number of imide groups is 1. The molecule has 0 bridgehead atoms. The molecule has 0 radical (unpaired) electrons. The van der Waals surface area contributed by atoms with Crippen LogP contribution >= 0.6 is 0 Å². The summed E-state index contributed by atoms with van der Waals surface area (Å²) in [4.78, 5) is 63.8. The van der Waals surface area contributed by atoms with Crippen molar-refractivity contribution in [2.24, 2.45) is 11.8 Å². The molecule has 2 aromatic heterocycles. The van der Waals surface area contributed by atoms with Gasteiger partial charge in [-0.25, -0.2) is 14.0 Å². The number of ether oxygens (including phenoxy) is 3. The van der Waals surface area contributed by atoms with Crippen LogP contribution in [-0.2, 0) is 20.7 Å². The molecule has 4 unspecified atom stereocenters. The van der Waals surface area contributed by atoms with Crippen molar-refractivity contribution in [3.63, 3.8) is 0 Å². The number of fused-ring (bicyclic) bond motifs is 3. The molecule has 0 aliphatic carbocycles. The molecule has 6 aliphatic rings. The predicted octanol–water partition coefficient (Wildman–Crippen LogP) is 10.1. The molecule has 1 N–H and O–H groups in total. The number of benzene rings is 3. The molecule has 3 aromatic carbocycles. The first-order valence-corrected chi connectivity index (χ1v) is 28.1. The van der Waals surface area contributed by atoms with E-state index in [1.54, 1.807) is 11.0 Å². The smallest absolute Gasteiger partial charge is 0.409 e. The molecule has 6 fully saturated rings. The van der Waals surface area contributed by atoms with Crippen molar-refractivity contribution in [3.05, 3.63) is 89.9 Å². The highest BCUT2D eigenvalue weighted by molar-refractivity contribution is 6.06. The number of urea groups is 1. The van der Waals surface area contributed by atoms with E-state index in [-0.39, 0.29) is 54.0 Å². The van der Waals surface area contributed by atoms with E-state index in [2.05, 4.69) is 53.3 Å². The third kappa shape index (κ3) is 10.8. The van der Waals surface area contributed by atoms with Crippen LogP contribution in [0.1, 0.15) is 103 Å². The summed E-state index contributed by atoms with van der Waals surface area (Å²) in [5.74, 6) is 3.71. The number of amides is 4. The number of hydrogen-bond acceptors (Lipinski definition) is 12. The number of halogens is 1. The first-order valence-electron chi connectivity index (χ1n) is 28.1. The zero-order valence-electron chi connectivity index (χ0n) is 44.9. The van der Waals surface area contributed by atoms with Crippen molar-refractivity contribution in [1.29, 1.82) is 0 Å². The Morgan fingerprint density at radius 2 is 1.62 bits per heavy atom. The topological polar surface area (TPSA) is 146 Å². The summed E-state index contributed by atoms with van der Waals surface area (Å²) in [5, 5.41) is 4.77. The number of anilines is 3. The second kappa shape index (κ2) is 22.3. The van der Waals surface area contributed by atoms with E-state index in [4.69, 9.17) is 35.6 Å². The van der Waals surface area contributed by atoms with Gasteiger partial charge in [0.2, 0.25) is 5.91 Å². The molecule has 6 aliphatic heterocycles. The van der Waals surface area contributed by atoms with Crippen LogP contribution in [0.4, 0.5) is 31.2 Å². The molecular weight excluding hydrogens is 974 g/mol. The summed E-state index contributed by atoms with van der Waals surface area (Å²) in [6.07, 6.45) is 17.8. The summed E-state index contributed by atoms with van der Waals surface area (Å²) in [6.45, 7) is 17.6. The lowest BCUT2D eigenvalue weighted by molar-refractivity contribution is -0.120. The number of pyridine rings is 1. The number of nitrogens with one attached hydrogen (secondary N) is 1. The third-order valence-electron chi connectivity index (χ3n) is 17.2. The van der Waals surface area contributed by atoms with Crippen LogP contribution in [0.2, 0.25) is 0 Å². The number of piperidine rings is 2. The van der Waals surface area contributed by atoms with Gasteiger partial charge >= 0.3 is 18.1 Å². The number of carbonyl (C=O) groups excluding carboxylic acids is 3. The lowest BCUT2D eigenvalue weighted by atomic mass is 9.93. The second-order valence-corrected chi connectivity index (χ2v) is 22.7. The summed E-state index contributed by atoms with van der Waals surface area (Å²) in [7, 11) is 0. The van der Waals surface area contributed by atoms with Gasteiger partial charge in [0.1, 0.15) is 24.8 Å². The maximum Gasteiger partial charge on any atom is 0.409 e. The Kier molecular flexibility index (Phi) is 15.1. The molecule has 77 heavy (non-hydrogen) atoms. The normalized spacial score (nSPS) is 23.8. The zero-order chi connectivity index (χ0) is 53.4. The predicted molar refractivity (Wildman–Crippen MR) is 298 cm³/mol. The minimum atomic E-state index is -0.438. The fourth-order valence-corrected chi connectivity index (χ4v) is 13.1. The fraction of sp³-hybridized carbons (Fsp3) is 0.508. The number of hydrogen-bond donors (Lipinski definition) is 1. The quantitative estimate of drug-likeness (QED) is 0.0885.